The van der Waals surface area contributed by atoms with Gasteiger partial charge in [0.15, 0.2) is 5.75 Å². The number of rotatable bonds is 4. The molecule has 0 radical (unpaired) electrons. The molecule has 0 atom stereocenters. The Hall–Kier alpha value is -2.74. The van der Waals surface area contributed by atoms with E-state index in [2.05, 4.69) is 62.6 Å². The lowest BCUT2D eigenvalue weighted by Crippen LogP contribution is -2.10. The highest BCUT2D eigenvalue weighted by atomic mass is 16.6. The van der Waals surface area contributed by atoms with E-state index in [-0.39, 0.29) is 5.41 Å². The Morgan fingerprint density at radius 2 is 1.21 bits per heavy atom. The van der Waals surface area contributed by atoms with Crippen molar-refractivity contribution in [2.24, 2.45) is 0 Å². The van der Waals surface area contributed by atoms with Crippen molar-refractivity contribution in [3.05, 3.63) is 84.4 Å². The molecule has 0 aliphatic carbocycles. The standard InChI is InChI=1S/C22H23NO/c1-22(2,3)19-13-9-17(10-14-19)18-11-15-21(16-12-18)24-23-20-7-5-4-6-8-20/h4-16,23H,1-3H3. The Kier molecular flexibility index (Phi) is 4.57. The summed E-state index contributed by atoms with van der Waals surface area (Å²) in [6.45, 7) is 6.69. The fourth-order valence-corrected chi connectivity index (χ4v) is 2.50. The quantitative estimate of drug-likeness (QED) is 0.591. The van der Waals surface area contributed by atoms with E-state index in [1.165, 1.54) is 16.7 Å². The van der Waals surface area contributed by atoms with E-state index >= 15 is 0 Å². The van der Waals surface area contributed by atoms with E-state index in [9.17, 15) is 0 Å². The normalized spacial score (nSPS) is 11.1. The smallest absolute Gasteiger partial charge is 0.155 e. The SMILES string of the molecule is CC(C)(C)c1ccc(-c2ccc(ONc3ccccc3)cc2)cc1. The minimum Gasteiger partial charge on any atom is -0.382 e. The number of hydrogen-bond donors (Lipinski definition) is 1. The predicted molar refractivity (Wildman–Crippen MR) is 101 cm³/mol. The molecule has 1 N–H and O–H groups in total. The van der Waals surface area contributed by atoms with Crippen LogP contribution in [0.25, 0.3) is 11.1 Å². The molecule has 0 heterocycles. The highest BCUT2D eigenvalue weighted by Crippen LogP contribution is 2.27. The summed E-state index contributed by atoms with van der Waals surface area (Å²) in [5.74, 6) is 0.786. The Morgan fingerprint density at radius 1 is 0.667 bits per heavy atom. The average molecular weight is 317 g/mol. The molecule has 24 heavy (non-hydrogen) atoms. The van der Waals surface area contributed by atoms with Gasteiger partial charge in [0.25, 0.3) is 0 Å². The van der Waals surface area contributed by atoms with Gasteiger partial charge in [0.1, 0.15) is 0 Å². The van der Waals surface area contributed by atoms with Crippen LogP contribution >= 0.6 is 0 Å². The van der Waals surface area contributed by atoms with E-state index < -0.39 is 0 Å². The third-order valence-corrected chi connectivity index (χ3v) is 4.00. The molecule has 3 rings (SSSR count). The molecule has 0 aliphatic rings. The summed E-state index contributed by atoms with van der Waals surface area (Å²) < 4.78 is 0. The molecular formula is C22H23NO. The maximum absolute atomic E-state index is 5.60. The van der Waals surface area contributed by atoms with Gasteiger partial charge in [-0.25, -0.2) is 5.48 Å². The molecule has 0 aliphatic heterocycles. The molecule has 2 nitrogen and oxygen atoms in total. The molecule has 0 fully saturated rings. The van der Waals surface area contributed by atoms with Gasteiger partial charge in [0.05, 0.1) is 5.69 Å². The first-order chi connectivity index (χ1) is 11.5. The summed E-state index contributed by atoms with van der Waals surface area (Å²) in [5, 5.41) is 0. The lowest BCUT2D eigenvalue weighted by molar-refractivity contribution is 0.405. The van der Waals surface area contributed by atoms with Gasteiger partial charge in [0.2, 0.25) is 0 Å². The number of anilines is 1. The van der Waals surface area contributed by atoms with Crippen LogP contribution in [0.4, 0.5) is 5.69 Å². The van der Waals surface area contributed by atoms with E-state index in [0.717, 1.165) is 11.4 Å². The number of nitrogens with one attached hydrogen (secondary N) is 1. The molecule has 0 amide bonds. The van der Waals surface area contributed by atoms with Gasteiger partial charge >= 0.3 is 0 Å². The molecule has 3 aromatic carbocycles. The van der Waals surface area contributed by atoms with Crippen molar-refractivity contribution in [3.8, 4) is 16.9 Å². The first-order valence-corrected chi connectivity index (χ1v) is 8.21. The van der Waals surface area contributed by atoms with Crippen LogP contribution in [-0.2, 0) is 5.41 Å². The van der Waals surface area contributed by atoms with Gasteiger partial charge in [-0.2, -0.15) is 0 Å². The fourth-order valence-electron chi connectivity index (χ4n) is 2.50. The highest BCUT2D eigenvalue weighted by Gasteiger charge is 2.13. The van der Waals surface area contributed by atoms with Crippen LogP contribution in [0.3, 0.4) is 0 Å². The third-order valence-electron chi connectivity index (χ3n) is 4.00. The Labute approximate surface area is 144 Å². The summed E-state index contributed by atoms with van der Waals surface area (Å²) in [6.07, 6.45) is 0. The number of benzene rings is 3. The molecule has 0 spiro atoms. The predicted octanol–water partition coefficient (Wildman–Crippen LogP) is 6.06. The highest BCUT2D eigenvalue weighted by molar-refractivity contribution is 5.64. The van der Waals surface area contributed by atoms with Gasteiger partial charge in [-0.3, -0.25) is 0 Å². The summed E-state index contributed by atoms with van der Waals surface area (Å²) in [6, 6.07) is 26.7. The number of hydrogen-bond acceptors (Lipinski definition) is 2. The molecule has 0 saturated heterocycles. The summed E-state index contributed by atoms with van der Waals surface area (Å²) in [7, 11) is 0. The van der Waals surface area contributed by atoms with Crippen LogP contribution in [-0.4, -0.2) is 0 Å². The molecule has 0 aromatic heterocycles. The van der Waals surface area contributed by atoms with Crippen molar-refractivity contribution in [1.82, 2.24) is 0 Å². The molecule has 122 valence electrons. The van der Waals surface area contributed by atoms with E-state index in [4.69, 9.17) is 4.84 Å². The minimum absolute atomic E-state index is 0.180. The average Bonchev–Trinajstić information content (AvgIpc) is 2.61. The van der Waals surface area contributed by atoms with E-state index in [1.54, 1.807) is 0 Å². The second-order valence-electron chi connectivity index (χ2n) is 6.92. The second kappa shape index (κ2) is 6.79. The molecule has 0 bridgehead atoms. The first kappa shape index (κ1) is 16.1. The van der Waals surface area contributed by atoms with Crippen molar-refractivity contribution in [3.63, 3.8) is 0 Å². The summed E-state index contributed by atoms with van der Waals surface area (Å²) in [5.41, 5.74) is 7.80. The maximum Gasteiger partial charge on any atom is 0.155 e. The number of para-hydroxylation sites is 1. The van der Waals surface area contributed by atoms with Crippen LogP contribution in [0.2, 0.25) is 0 Å². The summed E-state index contributed by atoms with van der Waals surface area (Å²) in [4.78, 5) is 5.60. The van der Waals surface area contributed by atoms with Crippen LogP contribution in [0.15, 0.2) is 78.9 Å². The fraction of sp³-hybridized carbons (Fsp3) is 0.182. The Bertz CT molecular complexity index is 769. The van der Waals surface area contributed by atoms with Crippen molar-refractivity contribution in [1.29, 1.82) is 0 Å². The zero-order valence-corrected chi connectivity index (χ0v) is 14.4. The first-order valence-electron chi connectivity index (χ1n) is 8.21. The Morgan fingerprint density at radius 3 is 1.75 bits per heavy atom. The van der Waals surface area contributed by atoms with Crippen LogP contribution < -0.4 is 10.3 Å². The molecule has 0 saturated carbocycles. The zero-order valence-electron chi connectivity index (χ0n) is 14.4. The molecular weight excluding hydrogens is 294 g/mol. The lowest BCUT2D eigenvalue weighted by atomic mass is 9.86. The van der Waals surface area contributed by atoms with Crippen LogP contribution in [0, 0.1) is 0 Å². The summed E-state index contributed by atoms with van der Waals surface area (Å²) >= 11 is 0. The van der Waals surface area contributed by atoms with Gasteiger partial charge in [-0.15, -0.1) is 0 Å². The van der Waals surface area contributed by atoms with E-state index in [1.807, 2.05) is 42.5 Å². The zero-order chi connectivity index (χ0) is 17.0. The minimum atomic E-state index is 0.180. The maximum atomic E-state index is 5.60. The van der Waals surface area contributed by atoms with Crippen molar-refractivity contribution in [2.75, 3.05) is 5.48 Å². The van der Waals surface area contributed by atoms with Crippen LogP contribution in [0.1, 0.15) is 26.3 Å². The Balaban J connectivity index is 1.68. The van der Waals surface area contributed by atoms with Gasteiger partial charge in [-0.1, -0.05) is 75.4 Å². The molecule has 3 aromatic rings. The molecule has 2 heteroatoms. The van der Waals surface area contributed by atoms with E-state index in [0.29, 0.717) is 0 Å². The largest absolute Gasteiger partial charge is 0.382 e. The lowest BCUT2D eigenvalue weighted by Gasteiger charge is -2.19. The van der Waals surface area contributed by atoms with Gasteiger partial charge in [-0.05, 0) is 46.4 Å². The van der Waals surface area contributed by atoms with Crippen LogP contribution in [0.5, 0.6) is 5.75 Å². The second-order valence-corrected chi connectivity index (χ2v) is 6.92. The topological polar surface area (TPSA) is 21.3 Å². The van der Waals surface area contributed by atoms with Crippen molar-refractivity contribution < 1.29 is 4.84 Å². The van der Waals surface area contributed by atoms with Gasteiger partial charge < -0.3 is 4.84 Å². The third kappa shape index (κ3) is 3.96. The van der Waals surface area contributed by atoms with Crippen molar-refractivity contribution in [2.45, 2.75) is 26.2 Å². The monoisotopic (exact) mass is 317 g/mol. The van der Waals surface area contributed by atoms with Gasteiger partial charge in [0, 0.05) is 0 Å². The molecule has 0 unspecified atom stereocenters. The van der Waals surface area contributed by atoms with Crippen molar-refractivity contribution >= 4 is 5.69 Å².